The number of halogens is 2. The van der Waals surface area contributed by atoms with Crippen LogP contribution in [0.5, 0.6) is 0 Å². The second-order valence-electron chi connectivity index (χ2n) is 2.24. The molecule has 0 saturated carbocycles. The predicted octanol–water partition coefficient (Wildman–Crippen LogP) is 2.60. The molecule has 1 rings (SSSR count). The maximum atomic E-state index is 5.92. The van der Waals surface area contributed by atoms with Crippen LogP contribution in [0.3, 0.4) is 0 Å². The van der Waals surface area contributed by atoms with Gasteiger partial charge in [-0.2, -0.15) is 0 Å². The van der Waals surface area contributed by atoms with Crippen LogP contribution in [-0.2, 0) is 6.42 Å². The van der Waals surface area contributed by atoms with Gasteiger partial charge in [0.05, 0.1) is 0 Å². The molecule has 2 N–H and O–H groups in total. The lowest BCUT2D eigenvalue weighted by Crippen LogP contribution is -2.03. The highest BCUT2D eigenvalue weighted by molar-refractivity contribution is 9.10. The smallest absolute Gasteiger partial charge is 0.0449 e. The predicted molar refractivity (Wildman–Crippen MR) is 51.9 cm³/mol. The molecule has 0 radical (unpaired) electrons. The molecule has 0 heterocycles. The summed E-state index contributed by atoms with van der Waals surface area (Å²) < 4.78 is 1.04. The van der Waals surface area contributed by atoms with Crippen LogP contribution < -0.4 is 5.73 Å². The quantitative estimate of drug-likeness (QED) is 0.836. The first-order chi connectivity index (χ1) is 5.25. The van der Waals surface area contributed by atoms with Gasteiger partial charge in [0, 0.05) is 9.50 Å². The molecule has 3 heteroatoms. The molecule has 0 fully saturated rings. The minimum absolute atomic E-state index is 0.627. The standard InChI is InChI=1S/C8H9BrClN/c9-7-2-1-3-8(10)6(7)4-5-11/h1-3H,4-5,11H2. The molecule has 0 amide bonds. The summed E-state index contributed by atoms with van der Waals surface area (Å²) in [4.78, 5) is 0. The molecule has 1 aromatic rings. The van der Waals surface area contributed by atoms with E-state index in [1.54, 1.807) is 0 Å². The van der Waals surface area contributed by atoms with Gasteiger partial charge in [-0.3, -0.25) is 0 Å². The molecule has 0 spiro atoms. The molecule has 0 saturated heterocycles. The number of benzene rings is 1. The molecule has 0 aliphatic heterocycles. The maximum Gasteiger partial charge on any atom is 0.0449 e. The number of hydrogen-bond acceptors (Lipinski definition) is 1. The highest BCUT2D eigenvalue weighted by Crippen LogP contribution is 2.24. The lowest BCUT2D eigenvalue weighted by molar-refractivity contribution is 0.963. The molecule has 1 aromatic carbocycles. The highest BCUT2D eigenvalue weighted by atomic mass is 79.9. The summed E-state index contributed by atoms with van der Waals surface area (Å²) in [5, 5.41) is 0.782. The molecule has 0 aromatic heterocycles. The molecule has 1 nitrogen and oxygen atoms in total. The molecular weight excluding hydrogens is 225 g/mol. The second kappa shape index (κ2) is 4.10. The zero-order chi connectivity index (χ0) is 8.27. The number of nitrogens with two attached hydrogens (primary N) is 1. The molecule has 0 bridgehead atoms. The fourth-order valence-corrected chi connectivity index (χ4v) is 1.86. The van der Waals surface area contributed by atoms with Crippen LogP contribution in [-0.4, -0.2) is 6.54 Å². The normalized spacial score (nSPS) is 10.1. The fraction of sp³-hybridized carbons (Fsp3) is 0.250. The van der Waals surface area contributed by atoms with Gasteiger partial charge in [-0.25, -0.2) is 0 Å². The Labute approximate surface area is 79.7 Å². The van der Waals surface area contributed by atoms with E-state index >= 15 is 0 Å². The van der Waals surface area contributed by atoms with Gasteiger partial charge in [0.25, 0.3) is 0 Å². The summed E-state index contributed by atoms with van der Waals surface area (Å²) in [5.74, 6) is 0. The van der Waals surface area contributed by atoms with E-state index in [1.165, 1.54) is 0 Å². The van der Waals surface area contributed by atoms with Gasteiger partial charge < -0.3 is 5.73 Å². The van der Waals surface area contributed by atoms with Gasteiger partial charge in [-0.05, 0) is 30.7 Å². The van der Waals surface area contributed by atoms with Crippen LogP contribution in [0.1, 0.15) is 5.56 Å². The van der Waals surface area contributed by atoms with Crippen LogP contribution in [0.25, 0.3) is 0 Å². The van der Waals surface area contributed by atoms with Crippen molar-refractivity contribution in [2.24, 2.45) is 5.73 Å². The summed E-state index contributed by atoms with van der Waals surface area (Å²) in [7, 11) is 0. The van der Waals surface area contributed by atoms with E-state index in [9.17, 15) is 0 Å². The van der Waals surface area contributed by atoms with E-state index in [4.69, 9.17) is 17.3 Å². The van der Waals surface area contributed by atoms with Crippen molar-refractivity contribution in [3.05, 3.63) is 33.3 Å². The van der Waals surface area contributed by atoms with Gasteiger partial charge in [0.2, 0.25) is 0 Å². The highest BCUT2D eigenvalue weighted by Gasteiger charge is 2.02. The molecule has 0 unspecified atom stereocenters. The third-order valence-corrected chi connectivity index (χ3v) is 2.55. The van der Waals surface area contributed by atoms with Crippen molar-refractivity contribution in [2.45, 2.75) is 6.42 Å². The maximum absolute atomic E-state index is 5.92. The third-order valence-electron chi connectivity index (χ3n) is 1.46. The molecule has 60 valence electrons. The molecule has 11 heavy (non-hydrogen) atoms. The Morgan fingerprint density at radius 1 is 1.45 bits per heavy atom. The zero-order valence-electron chi connectivity index (χ0n) is 5.98. The zero-order valence-corrected chi connectivity index (χ0v) is 8.32. The van der Waals surface area contributed by atoms with Crippen molar-refractivity contribution in [1.29, 1.82) is 0 Å². The molecule has 0 atom stereocenters. The van der Waals surface area contributed by atoms with Crippen molar-refractivity contribution >= 4 is 27.5 Å². The Morgan fingerprint density at radius 3 is 2.73 bits per heavy atom. The van der Waals surface area contributed by atoms with Crippen LogP contribution >= 0.6 is 27.5 Å². The van der Waals surface area contributed by atoms with Gasteiger partial charge in [0.15, 0.2) is 0 Å². The Kier molecular flexibility index (Phi) is 3.37. The van der Waals surface area contributed by atoms with Gasteiger partial charge in [-0.15, -0.1) is 0 Å². The third kappa shape index (κ3) is 2.19. The van der Waals surface area contributed by atoms with E-state index in [2.05, 4.69) is 15.9 Å². The Morgan fingerprint density at radius 2 is 2.18 bits per heavy atom. The van der Waals surface area contributed by atoms with Crippen molar-refractivity contribution in [3.8, 4) is 0 Å². The van der Waals surface area contributed by atoms with Crippen molar-refractivity contribution in [3.63, 3.8) is 0 Å². The minimum atomic E-state index is 0.627. The van der Waals surface area contributed by atoms with Crippen molar-refractivity contribution < 1.29 is 0 Å². The lowest BCUT2D eigenvalue weighted by Gasteiger charge is -2.03. The Hall–Kier alpha value is -0.0500. The Bertz CT molecular complexity index is 230. The summed E-state index contributed by atoms with van der Waals surface area (Å²) >= 11 is 9.33. The van der Waals surface area contributed by atoms with E-state index in [0.29, 0.717) is 6.54 Å². The average molecular weight is 235 g/mol. The van der Waals surface area contributed by atoms with Crippen molar-refractivity contribution in [2.75, 3.05) is 6.54 Å². The summed E-state index contributed by atoms with van der Waals surface area (Å²) in [6.07, 6.45) is 0.820. The first kappa shape index (κ1) is 9.04. The van der Waals surface area contributed by atoms with Crippen LogP contribution in [0, 0.1) is 0 Å². The minimum Gasteiger partial charge on any atom is -0.330 e. The monoisotopic (exact) mass is 233 g/mol. The van der Waals surface area contributed by atoms with E-state index in [-0.39, 0.29) is 0 Å². The van der Waals surface area contributed by atoms with Crippen LogP contribution in [0.2, 0.25) is 5.02 Å². The first-order valence-electron chi connectivity index (χ1n) is 3.38. The second-order valence-corrected chi connectivity index (χ2v) is 3.50. The van der Waals surface area contributed by atoms with E-state index in [0.717, 1.165) is 21.5 Å². The lowest BCUT2D eigenvalue weighted by atomic mass is 10.1. The van der Waals surface area contributed by atoms with Crippen LogP contribution in [0.15, 0.2) is 22.7 Å². The number of rotatable bonds is 2. The SMILES string of the molecule is NCCc1c(Cl)cccc1Br. The van der Waals surface area contributed by atoms with E-state index < -0.39 is 0 Å². The number of hydrogen-bond donors (Lipinski definition) is 1. The van der Waals surface area contributed by atoms with Gasteiger partial charge >= 0.3 is 0 Å². The largest absolute Gasteiger partial charge is 0.330 e. The van der Waals surface area contributed by atoms with Crippen molar-refractivity contribution in [1.82, 2.24) is 0 Å². The van der Waals surface area contributed by atoms with E-state index in [1.807, 2.05) is 18.2 Å². The summed E-state index contributed by atoms with van der Waals surface area (Å²) in [6, 6.07) is 5.75. The van der Waals surface area contributed by atoms with Gasteiger partial charge in [0.1, 0.15) is 0 Å². The first-order valence-corrected chi connectivity index (χ1v) is 4.55. The van der Waals surface area contributed by atoms with Crippen LogP contribution in [0.4, 0.5) is 0 Å². The topological polar surface area (TPSA) is 26.0 Å². The molecule has 0 aliphatic carbocycles. The Balaban J connectivity index is 3.00. The average Bonchev–Trinajstić information content (AvgIpc) is 1.97. The summed E-state index contributed by atoms with van der Waals surface area (Å²) in [6.45, 7) is 0.627. The van der Waals surface area contributed by atoms with Gasteiger partial charge in [-0.1, -0.05) is 33.6 Å². The molecule has 0 aliphatic rings. The molecular formula is C8H9BrClN. The fourth-order valence-electron chi connectivity index (χ4n) is 0.916. The summed E-state index contributed by atoms with van der Waals surface area (Å²) in [5.41, 5.74) is 6.51.